The minimum Gasteiger partial charge on any atom is -0.443 e. The molecule has 8 heteroatoms. The first-order chi connectivity index (χ1) is 11.2. The van der Waals surface area contributed by atoms with E-state index >= 15 is 0 Å². The Morgan fingerprint density at radius 3 is 2.42 bits per heavy atom. The van der Waals surface area contributed by atoms with Crippen LogP contribution >= 0.6 is 0 Å². The molecule has 0 aliphatic rings. The van der Waals surface area contributed by atoms with Gasteiger partial charge in [-0.05, 0) is 24.3 Å². The van der Waals surface area contributed by atoms with E-state index in [1.165, 1.54) is 5.48 Å². The van der Waals surface area contributed by atoms with Gasteiger partial charge in [0.25, 0.3) is 0 Å². The van der Waals surface area contributed by atoms with Gasteiger partial charge in [-0.15, -0.1) is 5.48 Å². The molecular weight excluding hydrogens is 324 g/mol. The van der Waals surface area contributed by atoms with Gasteiger partial charge in [0.1, 0.15) is 12.7 Å². The van der Waals surface area contributed by atoms with Gasteiger partial charge >= 0.3 is 18.0 Å². The number of aliphatic hydroxyl groups excluding tert-OH is 1. The molecule has 1 atom stereocenters. The van der Waals surface area contributed by atoms with E-state index < -0.39 is 24.1 Å². The topological polar surface area (TPSA) is 84.9 Å². The van der Waals surface area contributed by atoms with Gasteiger partial charge < -0.3 is 14.7 Å². The van der Waals surface area contributed by atoms with Crippen LogP contribution in [0.4, 0.5) is 13.6 Å². The molecule has 0 fully saturated rings. The average Bonchev–Trinajstić information content (AvgIpc) is 2.56. The summed E-state index contributed by atoms with van der Waals surface area (Å²) in [6.45, 7) is 3.48. The summed E-state index contributed by atoms with van der Waals surface area (Å²) >= 11 is 0. The molecule has 134 valence electrons. The number of alkyl halides is 2. The molecule has 1 aromatic carbocycles. The predicted octanol–water partition coefficient (Wildman–Crippen LogP) is 2.80. The lowest BCUT2D eigenvalue weighted by Crippen LogP contribution is -2.45. The molecule has 1 aromatic rings. The lowest BCUT2D eigenvalue weighted by molar-refractivity contribution is -0.195. The molecule has 1 rings (SSSR count). The zero-order chi connectivity index (χ0) is 18.2. The summed E-state index contributed by atoms with van der Waals surface area (Å²) in [5.41, 5.74) is 2.15. The minimum atomic E-state index is -4.12. The Labute approximate surface area is 138 Å². The second kappa shape index (κ2) is 9.17. The monoisotopic (exact) mass is 345 g/mol. The van der Waals surface area contributed by atoms with Crippen molar-refractivity contribution in [3.05, 3.63) is 35.9 Å². The van der Waals surface area contributed by atoms with Crippen molar-refractivity contribution in [1.82, 2.24) is 5.48 Å². The van der Waals surface area contributed by atoms with E-state index in [1.54, 1.807) is 44.2 Å². The fraction of sp³-hybridized carbons (Fsp3) is 0.500. The maximum atomic E-state index is 13.6. The second-order valence-electron chi connectivity index (χ2n) is 5.66. The van der Waals surface area contributed by atoms with Gasteiger partial charge in [0.2, 0.25) is 0 Å². The van der Waals surface area contributed by atoms with Crippen LogP contribution < -0.4 is 5.48 Å². The average molecular weight is 345 g/mol. The molecule has 6 nitrogen and oxygen atoms in total. The molecule has 1 amide bonds. The van der Waals surface area contributed by atoms with E-state index in [0.717, 1.165) is 0 Å². The van der Waals surface area contributed by atoms with E-state index in [0.29, 0.717) is 12.0 Å². The zero-order valence-electron chi connectivity index (χ0n) is 13.5. The van der Waals surface area contributed by atoms with Crippen LogP contribution in [-0.4, -0.2) is 29.2 Å². The number of carbonyl (C=O) groups excluding carboxylic acids is 2. The summed E-state index contributed by atoms with van der Waals surface area (Å²) in [6.07, 6.45) is -3.33. The van der Waals surface area contributed by atoms with Gasteiger partial charge in [-0.25, -0.2) is 9.59 Å². The smallest absolute Gasteiger partial charge is 0.441 e. The van der Waals surface area contributed by atoms with Crippen LogP contribution in [0.25, 0.3) is 0 Å². The molecule has 24 heavy (non-hydrogen) atoms. The van der Waals surface area contributed by atoms with Crippen molar-refractivity contribution in [3.8, 4) is 0 Å². The second-order valence-corrected chi connectivity index (χ2v) is 5.66. The molecule has 2 N–H and O–H groups in total. The van der Waals surface area contributed by atoms with E-state index in [-0.39, 0.29) is 18.9 Å². The third kappa shape index (κ3) is 6.49. The number of amides is 1. The van der Waals surface area contributed by atoms with Crippen LogP contribution in [0.3, 0.4) is 0 Å². The Bertz CT molecular complexity index is 537. The summed E-state index contributed by atoms with van der Waals surface area (Å²) in [4.78, 5) is 26.7. The van der Waals surface area contributed by atoms with Gasteiger partial charge in [-0.2, -0.15) is 8.78 Å². The van der Waals surface area contributed by atoms with Crippen molar-refractivity contribution < 1.29 is 33.1 Å². The molecule has 0 aliphatic heterocycles. The Kier molecular flexibility index (Phi) is 7.57. The molecule has 1 unspecified atom stereocenters. The molecule has 0 bridgehead atoms. The van der Waals surface area contributed by atoms with Crippen molar-refractivity contribution in [1.29, 1.82) is 0 Å². The van der Waals surface area contributed by atoms with Crippen LogP contribution in [0.15, 0.2) is 30.3 Å². The van der Waals surface area contributed by atoms with E-state index in [1.807, 2.05) is 0 Å². The SMILES string of the molecule is CC(C)CCC(O)C(F)(F)C(=O)ONC(=O)OCc1ccccc1. The fourth-order valence-corrected chi connectivity index (χ4v) is 1.72. The first-order valence-corrected chi connectivity index (χ1v) is 7.47. The first-order valence-electron chi connectivity index (χ1n) is 7.47. The number of hydrogen-bond acceptors (Lipinski definition) is 5. The Balaban J connectivity index is 2.39. The lowest BCUT2D eigenvalue weighted by Gasteiger charge is -2.21. The highest BCUT2D eigenvalue weighted by molar-refractivity contribution is 5.79. The number of ether oxygens (including phenoxy) is 1. The Hall–Kier alpha value is -2.22. The third-order valence-electron chi connectivity index (χ3n) is 3.15. The normalized spacial score (nSPS) is 12.6. The molecule has 0 spiro atoms. The highest BCUT2D eigenvalue weighted by Gasteiger charge is 2.48. The van der Waals surface area contributed by atoms with Crippen LogP contribution in [0.5, 0.6) is 0 Å². The number of aliphatic hydroxyl groups is 1. The summed E-state index contributed by atoms with van der Waals surface area (Å²) in [7, 11) is 0. The molecule has 0 saturated heterocycles. The summed E-state index contributed by atoms with van der Waals surface area (Å²) in [5, 5.41) is 9.42. The Morgan fingerprint density at radius 2 is 1.83 bits per heavy atom. The number of hydrogen-bond donors (Lipinski definition) is 2. The highest BCUT2D eigenvalue weighted by Crippen LogP contribution is 2.24. The molecule has 0 aromatic heterocycles. The van der Waals surface area contributed by atoms with Crippen molar-refractivity contribution in [3.63, 3.8) is 0 Å². The van der Waals surface area contributed by atoms with Crippen LogP contribution in [0.2, 0.25) is 0 Å². The van der Waals surface area contributed by atoms with Crippen molar-refractivity contribution >= 4 is 12.1 Å². The van der Waals surface area contributed by atoms with Crippen LogP contribution in [0, 0.1) is 5.92 Å². The maximum Gasteiger partial charge on any atom is 0.441 e. The van der Waals surface area contributed by atoms with Crippen molar-refractivity contribution in [2.24, 2.45) is 5.92 Å². The highest BCUT2D eigenvalue weighted by atomic mass is 19.3. The summed E-state index contributed by atoms with van der Waals surface area (Å²) in [5.74, 6) is -6.07. The third-order valence-corrected chi connectivity index (χ3v) is 3.15. The fourth-order valence-electron chi connectivity index (χ4n) is 1.72. The number of halogens is 2. The number of hydroxylamine groups is 1. The first kappa shape index (κ1) is 19.8. The van der Waals surface area contributed by atoms with Crippen molar-refractivity contribution in [2.45, 2.75) is 45.3 Å². The zero-order valence-corrected chi connectivity index (χ0v) is 13.5. The maximum absolute atomic E-state index is 13.6. The quantitative estimate of drug-likeness (QED) is 0.742. The molecule has 0 aliphatic carbocycles. The van der Waals surface area contributed by atoms with Crippen molar-refractivity contribution in [2.75, 3.05) is 0 Å². The number of rotatable bonds is 7. The Morgan fingerprint density at radius 1 is 1.21 bits per heavy atom. The van der Waals surface area contributed by atoms with E-state index in [4.69, 9.17) is 4.74 Å². The van der Waals surface area contributed by atoms with Gasteiger partial charge in [-0.1, -0.05) is 44.2 Å². The molecule has 0 radical (unpaired) electrons. The molecule has 0 saturated carbocycles. The van der Waals surface area contributed by atoms with E-state index in [2.05, 4.69) is 4.84 Å². The van der Waals surface area contributed by atoms with Crippen LogP contribution in [-0.2, 0) is 21.0 Å². The van der Waals surface area contributed by atoms with Gasteiger partial charge in [-0.3, -0.25) is 0 Å². The van der Waals surface area contributed by atoms with E-state index in [9.17, 15) is 23.5 Å². The number of benzene rings is 1. The summed E-state index contributed by atoms with van der Waals surface area (Å²) < 4.78 is 32.0. The van der Waals surface area contributed by atoms with Gasteiger partial charge in [0.15, 0.2) is 0 Å². The number of carbonyl (C=O) groups is 2. The van der Waals surface area contributed by atoms with Crippen LogP contribution in [0.1, 0.15) is 32.3 Å². The molecular formula is C16H21F2NO5. The minimum absolute atomic E-state index is 0.0950. The number of nitrogens with one attached hydrogen (secondary N) is 1. The largest absolute Gasteiger partial charge is 0.443 e. The lowest BCUT2D eigenvalue weighted by atomic mass is 10.0. The standard InChI is InChI=1S/C16H21F2NO5/c1-11(2)8-9-13(20)16(17,18)14(21)24-19-15(22)23-10-12-6-4-3-5-7-12/h3-7,11,13,20H,8-10H2,1-2H3,(H,19,22). The summed E-state index contributed by atoms with van der Waals surface area (Å²) in [6, 6.07) is 8.63. The predicted molar refractivity (Wildman–Crippen MR) is 80.9 cm³/mol. The van der Waals surface area contributed by atoms with Gasteiger partial charge in [0.05, 0.1) is 0 Å². The van der Waals surface area contributed by atoms with Gasteiger partial charge in [0, 0.05) is 0 Å². The molecule has 0 heterocycles.